The largest absolute Gasteiger partial charge is 0.506 e. The van der Waals surface area contributed by atoms with Crippen LogP contribution in [0.4, 0.5) is 0 Å². The van der Waals surface area contributed by atoms with E-state index in [1.165, 1.54) is 37.7 Å². The van der Waals surface area contributed by atoms with Crippen LogP contribution in [0.1, 0.15) is 54.4 Å². The summed E-state index contributed by atoms with van der Waals surface area (Å²) in [6.07, 6.45) is 9.63. The Labute approximate surface area is 218 Å². The number of nitrogens with zero attached hydrogens (tertiary/aromatic N) is 1. The van der Waals surface area contributed by atoms with Crippen molar-refractivity contribution < 1.29 is 14.6 Å². The van der Waals surface area contributed by atoms with Crippen LogP contribution in [0.3, 0.4) is 0 Å². The highest BCUT2D eigenvalue weighted by Gasteiger charge is 2.18. The monoisotopic (exact) mass is 494 g/mol. The topological polar surface area (TPSA) is 71.5 Å². The molecule has 2 N–H and O–H groups in total. The molecule has 3 aromatic carbocycles. The van der Waals surface area contributed by atoms with E-state index in [0.29, 0.717) is 35.9 Å². The number of carbonyl (C=O) groups is 1. The van der Waals surface area contributed by atoms with Crippen molar-refractivity contribution in [1.82, 2.24) is 10.3 Å². The van der Waals surface area contributed by atoms with Gasteiger partial charge in [-0.2, -0.15) is 0 Å². The number of benzene rings is 3. The number of fused-ring (bicyclic) bond motifs is 1. The number of amides is 1. The molecule has 1 saturated carbocycles. The maximum absolute atomic E-state index is 13.0. The smallest absolute Gasteiger partial charge is 0.251 e. The van der Waals surface area contributed by atoms with E-state index in [4.69, 9.17) is 4.74 Å². The highest BCUT2D eigenvalue weighted by molar-refractivity contribution is 5.96. The van der Waals surface area contributed by atoms with Gasteiger partial charge < -0.3 is 15.2 Å². The summed E-state index contributed by atoms with van der Waals surface area (Å²) in [4.78, 5) is 17.3. The number of hydrogen-bond acceptors (Lipinski definition) is 4. The Morgan fingerprint density at radius 1 is 0.973 bits per heavy atom. The molecule has 37 heavy (non-hydrogen) atoms. The van der Waals surface area contributed by atoms with Gasteiger partial charge in [0.1, 0.15) is 17.0 Å². The number of nitrogens with one attached hydrogen (secondary N) is 1. The van der Waals surface area contributed by atoms with E-state index < -0.39 is 0 Å². The van der Waals surface area contributed by atoms with Gasteiger partial charge in [0.2, 0.25) is 0 Å². The molecule has 0 aliphatic heterocycles. The molecule has 5 heteroatoms. The minimum Gasteiger partial charge on any atom is -0.506 e. The lowest BCUT2D eigenvalue weighted by atomic mass is 9.90. The van der Waals surface area contributed by atoms with Crippen molar-refractivity contribution in [3.8, 4) is 22.6 Å². The number of rotatable bonds is 9. The van der Waals surface area contributed by atoms with Crippen LogP contribution in [0.2, 0.25) is 0 Å². The van der Waals surface area contributed by atoms with Crippen LogP contribution in [-0.4, -0.2) is 29.1 Å². The Bertz CT molecular complexity index is 1350. The third-order valence-electron chi connectivity index (χ3n) is 7.21. The first-order chi connectivity index (χ1) is 18.2. The van der Waals surface area contributed by atoms with Crippen molar-refractivity contribution in [3.05, 3.63) is 90.1 Å². The summed E-state index contributed by atoms with van der Waals surface area (Å²) in [6, 6.07) is 23.4. The van der Waals surface area contributed by atoms with E-state index in [0.717, 1.165) is 29.4 Å². The molecule has 0 atom stereocenters. The Morgan fingerprint density at radius 3 is 2.65 bits per heavy atom. The van der Waals surface area contributed by atoms with Crippen LogP contribution in [0.15, 0.2) is 79.0 Å². The van der Waals surface area contributed by atoms with E-state index in [1.54, 1.807) is 12.3 Å². The summed E-state index contributed by atoms with van der Waals surface area (Å²) in [5.41, 5.74) is 4.12. The van der Waals surface area contributed by atoms with E-state index in [1.807, 2.05) is 54.6 Å². The summed E-state index contributed by atoms with van der Waals surface area (Å²) < 4.78 is 6.38. The molecule has 190 valence electrons. The van der Waals surface area contributed by atoms with Gasteiger partial charge in [-0.15, -0.1) is 0 Å². The molecule has 0 spiro atoms. The van der Waals surface area contributed by atoms with Crippen LogP contribution < -0.4 is 10.1 Å². The van der Waals surface area contributed by atoms with Gasteiger partial charge in [-0.25, -0.2) is 0 Å². The van der Waals surface area contributed by atoms with Gasteiger partial charge >= 0.3 is 0 Å². The third-order valence-corrected chi connectivity index (χ3v) is 7.21. The van der Waals surface area contributed by atoms with E-state index in [9.17, 15) is 9.90 Å². The molecule has 1 amide bonds. The summed E-state index contributed by atoms with van der Waals surface area (Å²) in [5.74, 6) is 1.23. The van der Waals surface area contributed by atoms with Gasteiger partial charge in [0.05, 0.1) is 6.61 Å². The number of aryl methyl sites for hydroxylation is 1. The molecular weight excluding hydrogens is 460 g/mol. The maximum Gasteiger partial charge on any atom is 0.251 e. The van der Waals surface area contributed by atoms with Crippen LogP contribution in [-0.2, 0) is 6.42 Å². The lowest BCUT2D eigenvalue weighted by molar-refractivity contribution is 0.0952. The lowest BCUT2D eigenvalue weighted by Crippen LogP contribution is -2.25. The number of aromatic nitrogens is 1. The molecule has 1 fully saturated rings. The van der Waals surface area contributed by atoms with Crippen LogP contribution in [0.25, 0.3) is 22.0 Å². The zero-order valence-electron chi connectivity index (χ0n) is 21.2. The first kappa shape index (κ1) is 24.8. The number of hydrogen-bond donors (Lipinski definition) is 2. The van der Waals surface area contributed by atoms with Crippen molar-refractivity contribution >= 4 is 16.8 Å². The van der Waals surface area contributed by atoms with Gasteiger partial charge in [-0.1, -0.05) is 55.7 Å². The quantitative estimate of drug-likeness (QED) is 0.248. The standard InChI is InChI=1S/C32H34N2O3/c35-29-20-27(19-25-14-8-17-33-31(25)29)28-16-15-26(21-30(28)37-22-24-11-5-2-6-12-24)32(36)34-18-7-13-23-9-3-1-4-10-23/h1,3-4,8-10,14-17,19-21,24,35H,2,5-7,11-13,18,22H2,(H,34,36). The Kier molecular flexibility index (Phi) is 7.99. The van der Waals surface area contributed by atoms with E-state index in [2.05, 4.69) is 22.4 Å². The van der Waals surface area contributed by atoms with Crippen LogP contribution >= 0.6 is 0 Å². The number of carbonyl (C=O) groups excluding carboxylic acids is 1. The minimum atomic E-state index is -0.104. The molecule has 0 unspecified atom stereocenters. The fourth-order valence-electron chi connectivity index (χ4n) is 5.15. The Hall–Kier alpha value is -3.86. The molecule has 0 bridgehead atoms. The molecule has 1 aliphatic carbocycles. The first-order valence-electron chi connectivity index (χ1n) is 13.3. The summed E-state index contributed by atoms with van der Waals surface area (Å²) in [6.45, 7) is 1.25. The van der Waals surface area contributed by atoms with Crippen molar-refractivity contribution in [2.24, 2.45) is 5.92 Å². The van der Waals surface area contributed by atoms with Crippen molar-refractivity contribution in [3.63, 3.8) is 0 Å². The van der Waals surface area contributed by atoms with Crippen molar-refractivity contribution in [2.45, 2.75) is 44.9 Å². The zero-order valence-corrected chi connectivity index (χ0v) is 21.2. The van der Waals surface area contributed by atoms with Gasteiger partial charge in [0.15, 0.2) is 0 Å². The molecule has 0 saturated heterocycles. The molecule has 1 aromatic heterocycles. The second-order valence-corrected chi connectivity index (χ2v) is 9.94. The van der Waals surface area contributed by atoms with E-state index >= 15 is 0 Å². The molecule has 1 heterocycles. The fourth-order valence-corrected chi connectivity index (χ4v) is 5.15. The highest BCUT2D eigenvalue weighted by atomic mass is 16.5. The lowest BCUT2D eigenvalue weighted by Gasteiger charge is -2.23. The molecule has 1 aliphatic rings. The maximum atomic E-state index is 13.0. The van der Waals surface area contributed by atoms with Crippen molar-refractivity contribution in [1.29, 1.82) is 0 Å². The molecule has 5 rings (SSSR count). The number of phenolic OH excluding ortho intramolecular Hbond substituents is 1. The fraction of sp³-hybridized carbons (Fsp3) is 0.312. The second kappa shape index (κ2) is 11.9. The summed E-state index contributed by atoms with van der Waals surface area (Å²) >= 11 is 0. The van der Waals surface area contributed by atoms with Gasteiger partial charge in [-0.3, -0.25) is 9.78 Å². The highest BCUT2D eigenvalue weighted by Crippen LogP contribution is 2.37. The van der Waals surface area contributed by atoms with Gasteiger partial charge in [0.25, 0.3) is 5.91 Å². The van der Waals surface area contributed by atoms with Gasteiger partial charge in [0, 0.05) is 29.3 Å². The van der Waals surface area contributed by atoms with Crippen LogP contribution in [0, 0.1) is 5.92 Å². The number of aromatic hydroxyl groups is 1. The predicted molar refractivity (Wildman–Crippen MR) is 148 cm³/mol. The van der Waals surface area contributed by atoms with Crippen molar-refractivity contribution in [2.75, 3.05) is 13.2 Å². The zero-order chi connectivity index (χ0) is 25.5. The van der Waals surface area contributed by atoms with Crippen LogP contribution in [0.5, 0.6) is 11.5 Å². The summed E-state index contributed by atoms with van der Waals surface area (Å²) in [5, 5.41) is 14.5. The average Bonchev–Trinajstić information content (AvgIpc) is 2.95. The normalized spacial score (nSPS) is 13.9. The number of pyridine rings is 1. The predicted octanol–water partition coefficient (Wildman–Crippen LogP) is 6.93. The first-order valence-corrected chi connectivity index (χ1v) is 13.3. The molecule has 0 radical (unpaired) electrons. The molecular formula is C32H34N2O3. The van der Waals surface area contributed by atoms with E-state index in [-0.39, 0.29) is 11.7 Å². The minimum absolute atomic E-state index is 0.104. The third kappa shape index (κ3) is 6.29. The second-order valence-electron chi connectivity index (χ2n) is 9.94. The number of phenols is 1. The molecule has 5 nitrogen and oxygen atoms in total. The molecule has 4 aromatic rings. The van der Waals surface area contributed by atoms with Gasteiger partial charge in [-0.05, 0) is 79.1 Å². The summed E-state index contributed by atoms with van der Waals surface area (Å²) in [7, 11) is 0. The Morgan fingerprint density at radius 2 is 1.81 bits per heavy atom. The number of ether oxygens (including phenoxy) is 1. The average molecular weight is 495 g/mol. The Balaban J connectivity index is 1.35. The SMILES string of the molecule is O=C(NCCCc1ccccc1)c1ccc(-c2cc(O)c3ncccc3c2)c(OCC2CCCCC2)c1.